The number of alkyl halides is 1. The van der Waals surface area contributed by atoms with E-state index in [4.69, 9.17) is 13.8 Å². The van der Waals surface area contributed by atoms with Gasteiger partial charge in [-0.25, -0.2) is 9.18 Å². The lowest BCUT2D eigenvalue weighted by Crippen LogP contribution is -2.23. The molecular weight excluding hydrogens is 370 g/mol. The Morgan fingerprint density at radius 2 is 1.63 bits per heavy atom. The summed E-state index contributed by atoms with van der Waals surface area (Å²) in [7, 11) is -3.93. The van der Waals surface area contributed by atoms with Crippen molar-refractivity contribution in [3.05, 3.63) is 47.5 Å². The zero-order chi connectivity index (χ0) is 20.2. The van der Waals surface area contributed by atoms with Crippen molar-refractivity contribution in [2.45, 2.75) is 46.1 Å². The second-order valence-corrected chi connectivity index (χ2v) is 9.08. The van der Waals surface area contributed by atoms with Crippen LogP contribution in [0.4, 0.5) is 4.39 Å². The van der Waals surface area contributed by atoms with Crippen LogP contribution in [0.15, 0.2) is 36.4 Å². The topological polar surface area (TPSA) is 61.8 Å². The van der Waals surface area contributed by atoms with Gasteiger partial charge in [0.1, 0.15) is 5.60 Å². The van der Waals surface area contributed by atoms with E-state index in [1.54, 1.807) is 71.0 Å². The van der Waals surface area contributed by atoms with Crippen molar-refractivity contribution in [2.24, 2.45) is 0 Å². The van der Waals surface area contributed by atoms with Gasteiger partial charge >= 0.3 is 13.6 Å². The third-order valence-corrected chi connectivity index (χ3v) is 5.76. The molecule has 0 saturated heterocycles. The minimum Gasteiger partial charge on any atom is -0.456 e. The highest BCUT2D eigenvalue weighted by molar-refractivity contribution is 7.54. The van der Waals surface area contributed by atoms with Gasteiger partial charge in [-0.05, 0) is 69.2 Å². The Morgan fingerprint density at radius 3 is 2.19 bits per heavy atom. The molecule has 0 aromatic heterocycles. The number of carbonyl (C=O) groups is 1. The molecule has 148 valence electrons. The molecule has 0 bridgehead atoms. The van der Waals surface area contributed by atoms with E-state index in [9.17, 15) is 13.8 Å². The Bertz CT molecular complexity index is 849. The third kappa shape index (κ3) is 5.38. The number of fused-ring (bicyclic) bond motifs is 1. The highest BCUT2D eigenvalue weighted by atomic mass is 31.2. The van der Waals surface area contributed by atoms with Crippen LogP contribution >= 0.6 is 7.60 Å². The molecule has 2 aromatic carbocycles. The summed E-state index contributed by atoms with van der Waals surface area (Å²) < 4.78 is 43.2. The van der Waals surface area contributed by atoms with Gasteiger partial charge in [-0.3, -0.25) is 4.57 Å². The summed E-state index contributed by atoms with van der Waals surface area (Å²) in [6.07, 6.45) is 0. The van der Waals surface area contributed by atoms with Crippen LogP contribution < -0.4 is 0 Å². The second kappa shape index (κ2) is 8.51. The zero-order valence-corrected chi connectivity index (χ0v) is 17.2. The van der Waals surface area contributed by atoms with Crippen LogP contribution in [0.3, 0.4) is 0 Å². The number of halogens is 1. The van der Waals surface area contributed by atoms with Crippen molar-refractivity contribution >= 4 is 24.3 Å². The maximum absolute atomic E-state index is 15.0. The van der Waals surface area contributed by atoms with Crippen molar-refractivity contribution in [2.75, 3.05) is 13.2 Å². The van der Waals surface area contributed by atoms with Crippen LogP contribution in [0.25, 0.3) is 10.8 Å². The van der Waals surface area contributed by atoms with E-state index in [-0.39, 0.29) is 18.8 Å². The van der Waals surface area contributed by atoms with Crippen molar-refractivity contribution in [1.82, 2.24) is 0 Å². The molecule has 27 heavy (non-hydrogen) atoms. The molecule has 0 radical (unpaired) electrons. The average molecular weight is 396 g/mol. The maximum Gasteiger partial charge on any atom is 0.369 e. The van der Waals surface area contributed by atoms with Gasteiger partial charge in [0.15, 0.2) is 0 Å². The largest absolute Gasteiger partial charge is 0.456 e. The predicted octanol–water partition coefficient (Wildman–Crippen LogP) is 6.03. The lowest BCUT2D eigenvalue weighted by Gasteiger charge is -2.21. The molecule has 0 aliphatic carbocycles. The number of rotatable bonds is 7. The number of esters is 1. The van der Waals surface area contributed by atoms with E-state index >= 15 is 0 Å². The molecule has 0 heterocycles. The minimum atomic E-state index is -3.93. The van der Waals surface area contributed by atoms with E-state index in [1.807, 2.05) is 0 Å². The average Bonchev–Trinajstić information content (AvgIpc) is 2.59. The highest BCUT2D eigenvalue weighted by Gasteiger charge is 2.37. The number of ether oxygens (including phenoxy) is 1. The number of hydrogen-bond acceptors (Lipinski definition) is 5. The summed E-state index contributed by atoms with van der Waals surface area (Å²) in [6, 6.07) is 9.86. The highest BCUT2D eigenvalue weighted by Crippen LogP contribution is 2.61. The van der Waals surface area contributed by atoms with Crippen molar-refractivity contribution in [3.8, 4) is 0 Å². The third-order valence-electron chi connectivity index (χ3n) is 3.67. The van der Waals surface area contributed by atoms with Crippen LogP contribution in [-0.4, -0.2) is 24.8 Å². The lowest BCUT2D eigenvalue weighted by molar-refractivity contribution is 0.00696. The van der Waals surface area contributed by atoms with Gasteiger partial charge in [0.2, 0.25) is 5.91 Å². The summed E-state index contributed by atoms with van der Waals surface area (Å²) in [6.45, 7) is 8.78. The van der Waals surface area contributed by atoms with Gasteiger partial charge in [-0.2, -0.15) is 0 Å². The molecule has 0 fully saturated rings. The molecule has 0 aliphatic rings. The first-order valence-electron chi connectivity index (χ1n) is 8.89. The molecular formula is C20H26FO5P. The van der Waals surface area contributed by atoms with E-state index < -0.39 is 25.1 Å². The molecule has 1 atom stereocenters. The summed E-state index contributed by atoms with van der Waals surface area (Å²) in [5.41, 5.74) is -0.0728. The normalized spacial score (nSPS) is 13.6. The van der Waals surface area contributed by atoms with Crippen LogP contribution in [0, 0.1) is 0 Å². The molecule has 7 heteroatoms. The van der Waals surface area contributed by atoms with Crippen molar-refractivity contribution in [3.63, 3.8) is 0 Å². The first-order chi connectivity index (χ1) is 12.6. The lowest BCUT2D eigenvalue weighted by atomic mass is 10.0. The Hall–Kier alpha value is -1.75. The molecule has 0 amide bonds. The fourth-order valence-corrected chi connectivity index (χ4v) is 4.17. The van der Waals surface area contributed by atoms with Gasteiger partial charge in [0, 0.05) is 0 Å². The van der Waals surface area contributed by atoms with E-state index in [0.29, 0.717) is 10.9 Å². The molecule has 5 nitrogen and oxygen atoms in total. The number of hydrogen-bond donors (Lipinski definition) is 0. The smallest absolute Gasteiger partial charge is 0.369 e. The fourth-order valence-electron chi connectivity index (χ4n) is 2.59. The van der Waals surface area contributed by atoms with Gasteiger partial charge in [-0.1, -0.05) is 18.2 Å². The Balaban J connectivity index is 2.40. The van der Waals surface area contributed by atoms with Gasteiger partial charge < -0.3 is 13.8 Å². The fraction of sp³-hybridized carbons (Fsp3) is 0.450. The van der Waals surface area contributed by atoms with E-state index in [2.05, 4.69) is 0 Å². The van der Waals surface area contributed by atoms with Gasteiger partial charge in [0.25, 0.3) is 0 Å². The summed E-state index contributed by atoms with van der Waals surface area (Å²) >= 11 is 0. The maximum atomic E-state index is 15.0. The monoisotopic (exact) mass is 396 g/mol. The SMILES string of the molecule is CCOP(=O)(OCC)C(F)c1ccc2ccc(C(=O)OC(C)(C)C)cc2c1. The van der Waals surface area contributed by atoms with Crippen LogP contribution in [0.5, 0.6) is 0 Å². The summed E-state index contributed by atoms with van der Waals surface area (Å²) in [4.78, 5) is 12.3. The van der Waals surface area contributed by atoms with Crippen LogP contribution in [0.1, 0.15) is 56.5 Å². The number of carbonyl (C=O) groups excluding carboxylic acids is 1. The standard InChI is InChI=1S/C20H26FO5P/c1-6-24-27(23,25-7-2)18(21)15-10-8-14-9-11-16(13-17(14)12-15)19(22)26-20(3,4)5/h8-13,18H,6-7H2,1-5H3. The van der Waals surface area contributed by atoms with Crippen molar-refractivity contribution < 1.29 is 27.5 Å². The first-order valence-corrected chi connectivity index (χ1v) is 10.5. The second-order valence-electron chi connectivity index (χ2n) is 7.03. The Morgan fingerprint density at radius 1 is 1.04 bits per heavy atom. The molecule has 0 spiro atoms. The molecule has 0 saturated carbocycles. The summed E-state index contributed by atoms with van der Waals surface area (Å²) in [5.74, 6) is -2.37. The Kier molecular flexibility index (Phi) is 6.79. The predicted molar refractivity (Wildman–Crippen MR) is 104 cm³/mol. The molecule has 0 N–H and O–H groups in total. The zero-order valence-electron chi connectivity index (χ0n) is 16.3. The molecule has 0 aliphatic heterocycles. The minimum absolute atomic E-state index is 0.0775. The van der Waals surface area contributed by atoms with E-state index in [0.717, 1.165) is 5.39 Å². The van der Waals surface area contributed by atoms with Crippen molar-refractivity contribution in [1.29, 1.82) is 0 Å². The van der Waals surface area contributed by atoms with Gasteiger partial charge in [-0.15, -0.1) is 0 Å². The Labute approximate surface area is 159 Å². The molecule has 2 rings (SSSR count). The van der Waals surface area contributed by atoms with Crippen LogP contribution in [-0.2, 0) is 18.3 Å². The quantitative estimate of drug-likeness (QED) is 0.422. The number of benzene rings is 2. The summed E-state index contributed by atoms with van der Waals surface area (Å²) in [5, 5.41) is 1.46. The molecule has 2 aromatic rings. The van der Waals surface area contributed by atoms with Gasteiger partial charge in [0.05, 0.1) is 18.8 Å². The van der Waals surface area contributed by atoms with Crippen LogP contribution in [0.2, 0.25) is 0 Å². The van der Waals surface area contributed by atoms with E-state index in [1.165, 1.54) is 0 Å². The molecule has 1 unspecified atom stereocenters. The first kappa shape index (κ1) is 21.5.